The fourth-order valence-electron chi connectivity index (χ4n) is 7.05. The second-order valence-electron chi connectivity index (χ2n) is 14.8. The molecule has 0 aromatic rings. The van der Waals surface area contributed by atoms with Gasteiger partial charge in [0.25, 0.3) is 0 Å². The molecule has 7 N–H and O–H groups in total. The molecule has 1 rings (SSSR count). The van der Waals surface area contributed by atoms with Gasteiger partial charge in [-0.05, 0) is 12.8 Å². The maximum Gasteiger partial charge on any atom is 0.243 e. The van der Waals surface area contributed by atoms with Gasteiger partial charge in [0, 0.05) is 19.4 Å². The summed E-state index contributed by atoms with van der Waals surface area (Å²) in [4.78, 5) is 40.3. The maximum absolute atomic E-state index is 14.0. The average molecular weight is 727 g/mol. The monoisotopic (exact) mass is 727 g/mol. The molecule has 0 spiro atoms. The highest BCUT2D eigenvalue weighted by Crippen LogP contribution is 2.32. The molecule has 1 aliphatic heterocycles. The van der Waals surface area contributed by atoms with Crippen LogP contribution in [0.25, 0.3) is 0 Å². The molecule has 0 aromatic carbocycles. The highest BCUT2D eigenvalue weighted by Gasteiger charge is 2.52. The van der Waals surface area contributed by atoms with Gasteiger partial charge in [-0.25, -0.2) is 0 Å². The lowest BCUT2D eigenvalue weighted by Crippen LogP contribution is -2.72. The average Bonchev–Trinajstić information content (AvgIpc) is 3.12. The molecule has 0 unspecified atom stereocenters. The van der Waals surface area contributed by atoms with E-state index in [0.29, 0.717) is 12.8 Å². The second-order valence-corrected chi connectivity index (χ2v) is 14.8. The first-order valence-corrected chi connectivity index (χ1v) is 21.0. The van der Waals surface area contributed by atoms with Crippen molar-refractivity contribution in [2.45, 2.75) is 211 Å². The van der Waals surface area contributed by atoms with Crippen molar-refractivity contribution in [3.05, 3.63) is 0 Å². The van der Waals surface area contributed by atoms with Crippen molar-refractivity contribution in [1.82, 2.24) is 15.5 Å². The molecule has 4 atom stereocenters. The van der Waals surface area contributed by atoms with E-state index in [4.69, 9.17) is 10.5 Å². The Morgan fingerprint density at radius 2 is 1.12 bits per heavy atom. The number of hydrogen-bond acceptors (Lipinski definition) is 8. The summed E-state index contributed by atoms with van der Waals surface area (Å²) in [6, 6.07) is 0. The van der Waals surface area contributed by atoms with Gasteiger partial charge >= 0.3 is 0 Å². The number of rotatable bonds is 33. The molecular formula is C40H78N4O7. The van der Waals surface area contributed by atoms with Crippen LogP contribution in [0.2, 0.25) is 0 Å². The molecule has 300 valence electrons. The molecule has 3 amide bonds. The number of aliphatic hydroxyl groups is 3. The largest absolute Gasteiger partial charge is 0.394 e. The Kier molecular flexibility index (Phi) is 28.4. The summed E-state index contributed by atoms with van der Waals surface area (Å²) in [6.07, 6.45) is 25.6. The fourth-order valence-corrected chi connectivity index (χ4v) is 7.05. The first kappa shape index (κ1) is 47.2. The van der Waals surface area contributed by atoms with Crippen molar-refractivity contribution in [1.29, 1.82) is 0 Å². The van der Waals surface area contributed by atoms with Crippen molar-refractivity contribution in [3.8, 4) is 0 Å². The standard InChI is InChI=1S/C40H78N4O7/c1-3-5-7-9-11-13-15-16-17-18-19-20-22-24-26-28-38(49)44(29-27-25-23-21-14-12-10-8-6-4-2)40(43-37(48)32-42-36(47)31-41)30-34(46)39(50)35(33-45)51-40/h34-35,39,45-46,50H,3-33,41H2,1-2H3,(H,42,47)(H,43,48)/t34-,35-,39-,40+/m1/s1. The summed E-state index contributed by atoms with van der Waals surface area (Å²) in [5.74, 6) is -3.15. The Bertz CT molecular complexity index is 895. The van der Waals surface area contributed by atoms with E-state index in [9.17, 15) is 29.7 Å². The van der Waals surface area contributed by atoms with Gasteiger partial charge in [0.05, 0.1) is 25.8 Å². The van der Waals surface area contributed by atoms with Crippen LogP contribution in [0.3, 0.4) is 0 Å². The summed E-state index contributed by atoms with van der Waals surface area (Å²) in [6.45, 7) is 3.46. The van der Waals surface area contributed by atoms with Crippen LogP contribution in [0.4, 0.5) is 0 Å². The number of aliphatic hydroxyl groups excluding tert-OH is 3. The molecule has 0 aromatic heterocycles. The summed E-state index contributed by atoms with van der Waals surface area (Å²) in [7, 11) is 0. The summed E-state index contributed by atoms with van der Waals surface area (Å²) in [5, 5.41) is 36.6. The van der Waals surface area contributed by atoms with E-state index in [0.717, 1.165) is 38.5 Å². The van der Waals surface area contributed by atoms with Gasteiger partial charge in [-0.1, -0.05) is 162 Å². The molecule has 0 aliphatic carbocycles. The molecule has 0 radical (unpaired) electrons. The SMILES string of the molecule is CCCCCCCCCCCCCCCCCC(=O)N(CCCCCCCCCCCC)[C@@]1(NC(=O)CNC(=O)CN)C[C@@H](O)[C@@H](O)[C@@H](CO)O1. The van der Waals surface area contributed by atoms with E-state index in [1.165, 1.54) is 114 Å². The number of unbranched alkanes of at least 4 members (excludes halogenated alkanes) is 23. The third-order valence-corrected chi connectivity index (χ3v) is 10.2. The third-order valence-electron chi connectivity index (χ3n) is 10.2. The number of nitrogens with two attached hydrogens (primary N) is 1. The minimum Gasteiger partial charge on any atom is -0.394 e. The van der Waals surface area contributed by atoms with Crippen LogP contribution in [0.15, 0.2) is 0 Å². The van der Waals surface area contributed by atoms with E-state index in [1.54, 1.807) is 0 Å². The van der Waals surface area contributed by atoms with Crippen LogP contribution in [0, 0.1) is 0 Å². The summed E-state index contributed by atoms with van der Waals surface area (Å²) in [5.41, 5.74) is 5.37. The Hall–Kier alpha value is -1.79. The Balaban J connectivity index is 2.76. The lowest BCUT2D eigenvalue weighted by molar-refractivity contribution is -0.280. The number of nitrogens with zero attached hydrogens (tertiary/aromatic N) is 1. The van der Waals surface area contributed by atoms with Gasteiger partial charge in [-0.3, -0.25) is 19.3 Å². The van der Waals surface area contributed by atoms with E-state index in [1.807, 2.05) is 0 Å². The highest BCUT2D eigenvalue weighted by atomic mass is 16.6. The predicted molar refractivity (Wildman–Crippen MR) is 205 cm³/mol. The van der Waals surface area contributed by atoms with Gasteiger partial charge in [-0.15, -0.1) is 0 Å². The maximum atomic E-state index is 14.0. The van der Waals surface area contributed by atoms with E-state index < -0.39 is 49.1 Å². The van der Waals surface area contributed by atoms with Crippen molar-refractivity contribution < 1.29 is 34.4 Å². The van der Waals surface area contributed by atoms with Gasteiger partial charge in [0.15, 0.2) is 0 Å². The van der Waals surface area contributed by atoms with Gasteiger partial charge in [0.2, 0.25) is 23.6 Å². The minimum atomic E-state index is -1.79. The summed E-state index contributed by atoms with van der Waals surface area (Å²) < 4.78 is 6.14. The molecule has 11 nitrogen and oxygen atoms in total. The van der Waals surface area contributed by atoms with Crippen molar-refractivity contribution in [2.24, 2.45) is 5.73 Å². The Morgan fingerprint density at radius 3 is 1.55 bits per heavy atom. The van der Waals surface area contributed by atoms with E-state index in [-0.39, 0.29) is 31.8 Å². The van der Waals surface area contributed by atoms with E-state index in [2.05, 4.69) is 24.5 Å². The molecule has 1 heterocycles. The third kappa shape index (κ3) is 21.5. The van der Waals surface area contributed by atoms with Crippen LogP contribution in [0.1, 0.15) is 187 Å². The smallest absolute Gasteiger partial charge is 0.243 e. The Morgan fingerprint density at radius 1 is 0.686 bits per heavy atom. The first-order valence-electron chi connectivity index (χ1n) is 21.0. The van der Waals surface area contributed by atoms with Crippen LogP contribution >= 0.6 is 0 Å². The molecule has 1 saturated heterocycles. The normalized spacial score (nSPS) is 20.3. The quantitative estimate of drug-likeness (QED) is 0.0335. The number of nitrogens with one attached hydrogen (secondary N) is 2. The molecule has 0 bridgehead atoms. The second kappa shape index (κ2) is 30.6. The highest BCUT2D eigenvalue weighted by molar-refractivity contribution is 5.86. The number of hydrogen-bond donors (Lipinski definition) is 6. The lowest BCUT2D eigenvalue weighted by Gasteiger charge is -2.50. The molecule has 0 saturated carbocycles. The minimum absolute atomic E-state index is 0.216. The zero-order valence-corrected chi connectivity index (χ0v) is 32.7. The van der Waals surface area contributed by atoms with E-state index >= 15 is 0 Å². The molecule has 51 heavy (non-hydrogen) atoms. The molecule has 1 fully saturated rings. The number of ether oxygens (including phenoxy) is 1. The topological polar surface area (TPSA) is 174 Å². The van der Waals surface area contributed by atoms with Crippen molar-refractivity contribution in [3.63, 3.8) is 0 Å². The van der Waals surface area contributed by atoms with Crippen LogP contribution in [0.5, 0.6) is 0 Å². The van der Waals surface area contributed by atoms with Crippen LogP contribution < -0.4 is 16.4 Å². The van der Waals surface area contributed by atoms with Crippen LogP contribution in [-0.4, -0.2) is 88.3 Å². The zero-order chi connectivity index (χ0) is 37.6. The predicted octanol–water partition coefficient (Wildman–Crippen LogP) is 6.35. The fraction of sp³-hybridized carbons (Fsp3) is 0.925. The number of carbonyl (C=O) groups excluding carboxylic acids is 3. The van der Waals surface area contributed by atoms with Crippen LogP contribution in [-0.2, 0) is 19.1 Å². The molecule has 11 heteroatoms. The van der Waals surface area contributed by atoms with Gasteiger partial charge in [0.1, 0.15) is 12.2 Å². The summed E-state index contributed by atoms with van der Waals surface area (Å²) >= 11 is 0. The lowest BCUT2D eigenvalue weighted by atomic mass is 9.96. The van der Waals surface area contributed by atoms with Crippen molar-refractivity contribution >= 4 is 17.7 Å². The molecular weight excluding hydrogens is 648 g/mol. The first-order chi connectivity index (χ1) is 24.7. The Labute approximate surface area is 310 Å². The van der Waals surface area contributed by atoms with Gasteiger partial charge in [-0.2, -0.15) is 0 Å². The van der Waals surface area contributed by atoms with Gasteiger partial charge < -0.3 is 36.4 Å². The van der Waals surface area contributed by atoms with Crippen molar-refractivity contribution in [2.75, 3.05) is 26.2 Å². The number of carbonyl (C=O) groups is 3. The zero-order valence-electron chi connectivity index (χ0n) is 32.7. The molecule has 1 aliphatic rings. The number of amides is 3.